The van der Waals surface area contributed by atoms with Gasteiger partial charge in [-0.2, -0.15) is 0 Å². The summed E-state index contributed by atoms with van der Waals surface area (Å²) in [6.07, 6.45) is 0. The molecule has 5 heteroatoms. The average molecular weight is 329 g/mol. The van der Waals surface area contributed by atoms with Crippen molar-refractivity contribution in [3.05, 3.63) is 45.9 Å². The van der Waals surface area contributed by atoms with Crippen LogP contribution in [0.25, 0.3) is 0 Å². The first-order chi connectivity index (χ1) is 8.61. The summed E-state index contributed by atoms with van der Waals surface area (Å²) in [6, 6.07) is 10.6. The van der Waals surface area contributed by atoms with Gasteiger partial charge in [0, 0.05) is 5.02 Å². The standard InChI is InChI=1S/C13H11BrClNO2/c1-17-11-3-2-4-12(13(11)16)18-10-6-5-8(15)7-9(10)14/h2-7H,16H2,1H3. The second-order valence-corrected chi connectivity index (χ2v) is 4.84. The molecule has 2 rings (SSSR count). The fraction of sp³-hybridized carbons (Fsp3) is 0.0769. The van der Waals surface area contributed by atoms with Crippen LogP contribution in [0.15, 0.2) is 40.9 Å². The van der Waals surface area contributed by atoms with Gasteiger partial charge in [-0.1, -0.05) is 17.7 Å². The van der Waals surface area contributed by atoms with Gasteiger partial charge < -0.3 is 15.2 Å². The predicted molar refractivity (Wildman–Crippen MR) is 76.6 cm³/mol. The lowest BCUT2D eigenvalue weighted by molar-refractivity contribution is 0.412. The molecule has 0 spiro atoms. The van der Waals surface area contributed by atoms with E-state index < -0.39 is 0 Å². The van der Waals surface area contributed by atoms with Crippen molar-refractivity contribution in [2.45, 2.75) is 0 Å². The molecule has 0 unspecified atom stereocenters. The van der Waals surface area contributed by atoms with Gasteiger partial charge in [-0.3, -0.25) is 0 Å². The maximum atomic E-state index is 5.93. The molecule has 0 saturated carbocycles. The SMILES string of the molecule is COc1cccc(Oc2ccc(Cl)cc2Br)c1N. The fourth-order valence-corrected chi connectivity index (χ4v) is 2.23. The second kappa shape index (κ2) is 5.50. The first-order valence-electron chi connectivity index (χ1n) is 5.17. The molecule has 94 valence electrons. The minimum atomic E-state index is 0.460. The Labute approximate surface area is 119 Å². The lowest BCUT2D eigenvalue weighted by Crippen LogP contribution is -1.96. The molecule has 0 radical (unpaired) electrons. The summed E-state index contributed by atoms with van der Waals surface area (Å²) in [6.45, 7) is 0. The number of hydrogen-bond donors (Lipinski definition) is 1. The second-order valence-electron chi connectivity index (χ2n) is 3.55. The predicted octanol–water partition coefficient (Wildman–Crippen LogP) is 4.49. The van der Waals surface area contributed by atoms with E-state index in [0.717, 1.165) is 4.47 Å². The van der Waals surface area contributed by atoms with Gasteiger partial charge in [0.05, 0.1) is 11.6 Å². The van der Waals surface area contributed by atoms with Crippen molar-refractivity contribution in [2.24, 2.45) is 0 Å². The van der Waals surface area contributed by atoms with Crippen LogP contribution in [0.2, 0.25) is 5.02 Å². The molecular weight excluding hydrogens is 318 g/mol. The highest BCUT2D eigenvalue weighted by Crippen LogP contribution is 2.37. The van der Waals surface area contributed by atoms with Gasteiger partial charge in [0.15, 0.2) is 5.75 Å². The molecule has 0 fully saturated rings. The third-order valence-corrected chi connectivity index (χ3v) is 3.21. The van der Waals surface area contributed by atoms with Crippen LogP contribution in [0.5, 0.6) is 17.2 Å². The molecule has 0 aliphatic heterocycles. The minimum absolute atomic E-state index is 0.460. The van der Waals surface area contributed by atoms with E-state index in [-0.39, 0.29) is 0 Å². The number of halogens is 2. The van der Waals surface area contributed by atoms with Crippen molar-refractivity contribution in [3.63, 3.8) is 0 Å². The van der Waals surface area contributed by atoms with Crippen LogP contribution in [0.4, 0.5) is 5.69 Å². The number of para-hydroxylation sites is 1. The minimum Gasteiger partial charge on any atom is -0.494 e. The Morgan fingerprint density at radius 1 is 1.11 bits per heavy atom. The number of rotatable bonds is 3. The first kappa shape index (κ1) is 13.1. The van der Waals surface area contributed by atoms with Gasteiger partial charge >= 0.3 is 0 Å². The van der Waals surface area contributed by atoms with Gasteiger partial charge in [-0.05, 0) is 46.3 Å². The Morgan fingerprint density at radius 3 is 2.50 bits per heavy atom. The first-order valence-corrected chi connectivity index (χ1v) is 6.34. The summed E-state index contributed by atoms with van der Waals surface area (Å²) in [5.41, 5.74) is 6.39. The Bertz CT molecular complexity index is 575. The lowest BCUT2D eigenvalue weighted by Gasteiger charge is -2.12. The third-order valence-electron chi connectivity index (χ3n) is 2.36. The Kier molecular flexibility index (Phi) is 3.99. The number of nitrogen functional groups attached to an aromatic ring is 1. The van der Waals surface area contributed by atoms with Gasteiger partial charge in [-0.25, -0.2) is 0 Å². The quantitative estimate of drug-likeness (QED) is 0.845. The summed E-state index contributed by atoms with van der Waals surface area (Å²) < 4.78 is 11.6. The van der Waals surface area contributed by atoms with E-state index in [2.05, 4.69) is 15.9 Å². The fourth-order valence-electron chi connectivity index (χ4n) is 1.47. The van der Waals surface area contributed by atoms with E-state index in [4.69, 9.17) is 26.8 Å². The largest absolute Gasteiger partial charge is 0.494 e. The number of nitrogens with two attached hydrogens (primary N) is 1. The van der Waals surface area contributed by atoms with Crippen LogP contribution in [0, 0.1) is 0 Å². The lowest BCUT2D eigenvalue weighted by atomic mass is 10.2. The van der Waals surface area contributed by atoms with Gasteiger partial charge in [0.1, 0.15) is 17.2 Å². The maximum absolute atomic E-state index is 5.93. The topological polar surface area (TPSA) is 44.5 Å². The molecule has 0 aliphatic rings. The van der Waals surface area contributed by atoms with E-state index in [1.165, 1.54) is 0 Å². The van der Waals surface area contributed by atoms with Gasteiger partial charge in [0.25, 0.3) is 0 Å². The van der Waals surface area contributed by atoms with E-state index in [9.17, 15) is 0 Å². The molecule has 0 bridgehead atoms. The van der Waals surface area contributed by atoms with Gasteiger partial charge in [-0.15, -0.1) is 0 Å². The average Bonchev–Trinajstić information content (AvgIpc) is 2.35. The van der Waals surface area contributed by atoms with Crippen molar-refractivity contribution in [1.82, 2.24) is 0 Å². The van der Waals surface area contributed by atoms with Crippen molar-refractivity contribution < 1.29 is 9.47 Å². The molecule has 18 heavy (non-hydrogen) atoms. The van der Waals surface area contributed by atoms with Crippen LogP contribution in [0.1, 0.15) is 0 Å². The molecule has 2 aromatic carbocycles. The Balaban J connectivity index is 2.34. The van der Waals surface area contributed by atoms with Crippen LogP contribution >= 0.6 is 27.5 Å². The molecular formula is C13H11BrClNO2. The highest BCUT2D eigenvalue weighted by molar-refractivity contribution is 9.10. The summed E-state index contributed by atoms with van der Waals surface area (Å²) >= 11 is 9.25. The van der Waals surface area contributed by atoms with Crippen molar-refractivity contribution in [1.29, 1.82) is 0 Å². The smallest absolute Gasteiger partial charge is 0.154 e. The molecule has 2 aromatic rings. The number of ether oxygens (including phenoxy) is 2. The highest BCUT2D eigenvalue weighted by Gasteiger charge is 2.09. The van der Waals surface area contributed by atoms with E-state index in [1.807, 2.05) is 6.07 Å². The summed E-state index contributed by atoms with van der Waals surface area (Å²) in [4.78, 5) is 0. The van der Waals surface area contributed by atoms with E-state index in [0.29, 0.717) is 28.0 Å². The number of anilines is 1. The zero-order valence-electron chi connectivity index (χ0n) is 9.61. The molecule has 0 heterocycles. The van der Waals surface area contributed by atoms with Crippen molar-refractivity contribution in [3.8, 4) is 17.2 Å². The summed E-state index contributed by atoms with van der Waals surface area (Å²) in [5, 5.41) is 0.632. The summed E-state index contributed by atoms with van der Waals surface area (Å²) in [7, 11) is 1.56. The molecule has 0 saturated heterocycles. The highest BCUT2D eigenvalue weighted by atomic mass is 79.9. The molecule has 0 aromatic heterocycles. The maximum Gasteiger partial charge on any atom is 0.154 e. The monoisotopic (exact) mass is 327 g/mol. The zero-order chi connectivity index (χ0) is 13.1. The van der Waals surface area contributed by atoms with Crippen molar-refractivity contribution in [2.75, 3.05) is 12.8 Å². The van der Waals surface area contributed by atoms with E-state index in [1.54, 1.807) is 37.4 Å². The third kappa shape index (κ3) is 2.71. The number of hydrogen-bond acceptors (Lipinski definition) is 3. The van der Waals surface area contributed by atoms with Crippen LogP contribution in [-0.4, -0.2) is 7.11 Å². The normalized spacial score (nSPS) is 10.2. The van der Waals surface area contributed by atoms with Gasteiger partial charge in [0.2, 0.25) is 0 Å². The van der Waals surface area contributed by atoms with Crippen LogP contribution in [-0.2, 0) is 0 Å². The zero-order valence-corrected chi connectivity index (χ0v) is 12.0. The van der Waals surface area contributed by atoms with Crippen LogP contribution < -0.4 is 15.2 Å². The number of methoxy groups -OCH3 is 1. The summed E-state index contributed by atoms with van der Waals surface area (Å²) in [5.74, 6) is 1.76. The van der Waals surface area contributed by atoms with E-state index >= 15 is 0 Å². The van der Waals surface area contributed by atoms with Crippen LogP contribution in [0.3, 0.4) is 0 Å². The molecule has 0 aliphatic carbocycles. The molecule has 0 amide bonds. The molecule has 3 nitrogen and oxygen atoms in total. The number of benzene rings is 2. The molecule has 2 N–H and O–H groups in total. The Morgan fingerprint density at radius 2 is 1.83 bits per heavy atom. The Hall–Kier alpha value is -1.39. The molecule has 0 atom stereocenters. The van der Waals surface area contributed by atoms with Crippen molar-refractivity contribution >= 4 is 33.2 Å².